The molecule has 0 bridgehead atoms. The molecule has 12 rings (SSSR count). The molecule has 26 heteroatoms. The lowest BCUT2D eigenvalue weighted by atomic mass is 9.82. The molecule has 8 aromatic rings. The van der Waals surface area contributed by atoms with Crippen LogP contribution in [0.4, 0.5) is 0 Å². The van der Waals surface area contributed by atoms with Crippen molar-refractivity contribution < 1.29 is 66.7 Å². The van der Waals surface area contributed by atoms with Crippen molar-refractivity contribution in [3.8, 4) is 57.3 Å². The number of Topliss-reactive ketones (excluding diaryl/α,β-unsaturated/α-hetero) is 2. The van der Waals surface area contributed by atoms with Crippen molar-refractivity contribution in [3.63, 3.8) is 0 Å². The number of piperidine rings is 2. The van der Waals surface area contributed by atoms with Crippen LogP contribution in [0.2, 0.25) is 0 Å². The van der Waals surface area contributed by atoms with Crippen LogP contribution in [0.3, 0.4) is 0 Å². The SMILES string of the molecule is COc1cc(C(=O)N2CCC3(CC2)CC(=O)c2cc(-c4nnn(COC(=O)C(C)(C)C)n4)ccc2O3)nc2c(OC)cccc12.COc1cc(C(=O)N2CCC3(CC2)CC(=O)c2cc(-c4nnnn4COC(=O)C(C)(C)C)ccc2O3)nc2c(OC)cccc12. The van der Waals surface area contributed by atoms with Crippen molar-refractivity contribution >= 4 is 57.1 Å². The van der Waals surface area contributed by atoms with Crippen LogP contribution in [0.5, 0.6) is 34.5 Å². The molecule has 8 heterocycles. The van der Waals surface area contributed by atoms with E-state index in [1.54, 1.807) is 140 Å². The van der Waals surface area contributed by atoms with Gasteiger partial charge in [0, 0.05) is 85.9 Å². The zero-order valence-corrected chi connectivity index (χ0v) is 51.7. The lowest BCUT2D eigenvalue weighted by Crippen LogP contribution is -2.52. The average molecular weight is 1230 g/mol. The van der Waals surface area contributed by atoms with Gasteiger partial charge in [-0.3, -0.25) is 28.8 Å². The number of benzene rings is 4. The molecule has 2 saturated heterocycles. The fraction of sp³-hybridized carbons (Fsp3) is 0.406. The number of ketones is 2. The van der Waals surface area contributed by atoms with Crippen molar-refractivity contribution in [2.45, 2.75) is 105 Å². The molecule has 0 radical (unpaired) electrons. The molecule has 4 aromatic carbocycles. The summed E-state index contributed by atoms with van der Waals surface area (Å²) in [6.45, 7) is 11.8. The number of nitrogens with zero attached hydrogens (tertiary/aromatic N) is 12. The predicted octanol–water partition coefficient (Wildman–Crippen LogP) is 8.19. The molecule has 0 atom stereocenters. The van der Waals surface area contributed by atoms with E-state index in [0.717, 1.165) is 10.8 Å². The topological polar surface area (TPSA) is 296 Å². The summed E-state index contributed by atoms with van der Waals surface area (Å²) >= 11 is 0. The molecule has 468 valence electrons. The first-order chi connectivity index (χ1) is 43.0. The maximum absolute atomic E-state index is 13.6. The van der Waals surface area contributed by atoms with E-state index < -0.39 is 22.0 Å². The van der Waals surface area contributed by atoms with Crippen molar-refractivity contribution in [2.75, 3.05) is 54.6 Å². The van der Waals surface area contributed by atoms with Crippen LogP contribution in [0, 0.1) is 10.8 Å². The monoisotopic (exact) mass is 1230 g/mol. The number of pyridine rings is 2. The standard InChI is InChI=1S/2C32H34N6O7/c1-31(2,3)30(41)44-18-38-28(34-35-36-38)19-9-10-24-21(15-19)23(39)17-32(45-24)11-13-37(14-12-32)29(40)22-16-26(43-5)20-7-6-8-25(42-4)27(20)33-22;1-31(2,3)30(41)44-18-38-35-28(34-36-38)19-9-10-24-21(15-19)23(39)17-32(45-24)11-13-37(14-12-32)29(40)22-16-26(43-5)20-7-6-8-25(42-4)27(20)33-22/h2*6-10,15-16H,11-14,17-18H2,1-5H3. The van der Waals surface area contributed by atoms with Crippen molar-refractivity contribution in [3.05, 3.63) is 107 Å². The highest BCUT2D eigenvalue weighted by molar-refractivity contribution is 6.03. The van der Waals surface area contributed by atoms with Crippen LogP contribution in [-0.2, 0) is 32.5 Å². The van der Waals surface area contributed by atoms with E-state index >= 15 is 0 Å². The Labute approximate surface area is 517 Å². The summed E-state index contributed by atoms with van der Waals surface area (Å²) in [5.74, 6) is 2.44. The molecule has 2 amide bonds. The largest absolute Gasteiger partial charge is 0.496 e. The number of hydrogen-bond donors (Lipinski definition) is 0. The summed E-state index contributed by atoms with van der Waals surface area (Å²) in [6, 6.07) is 24.7. The van der Waals surface area contributed by atoms with Gasteiger partial charge in [-0.1, -0.05) is 12.1 Å². The zero-order valence-electron chi connectivity index (χ0n) is 51.7. The van der Waals surface area contributed by atoms with E-state index in [1.165, 1.54) is 9.48 Å². The van der Waals surface area contributed by atoms with Gasteiger partial charge in [-0.2, -0.15) is 4.68 Å². The Morgan fingerprint density at radius 2 is 1.00 bits per heavy atom. The van der Waals surface area contributed by atoms with Gasteiger partial charge in [0.05, 0.1) is 63.2 Å². The lowest BCUT2D eigenvalue weighted by Gasteiger charge is -2.44. The summed E-state index contributed by atoms with van der Waals surface area (Å²) in [6.07, 6.45) is 2.31. The maximum atomic E-state index is 13.6. The van der Waals surface area contributed by atoms with Crippen LogP contribution in [0.25, 0.3) is 44.6 Å². The molecular weight excluding hydrogens is 1160 g/mol. The second kappa shape index (κ2) is 24.4. The molecule has 0 N–H and O–H groups in total. The highest BCUT2D eigenvalue weighted by Crippen LogP contribution is 2.44. The van der Waals surface area contributed by atoms with Gasteiger partial charge in [0.1, 0.15) is 68.1 Å². The Hall–Kier alpha value is -10.1. The minimum absolute atomic E-state index is 0.0580. The van der Waals surface area contributed by atoms with E-state index in [2.05, 4.69) is 40.9 Å². The van der Waals surface area contributed by atoms with Gasteiger partial charge in [-0.15, -0.1) is 20.1 Å². The van der Waals surface area contributed by atoms with E-state index in [4.69, 9.17) is 37.9 Å². The first kappa shape index (κ1) is 61.5. The zero-order chi connectivity index (χ0) is 63.9. The minimum atomic E-state index is -0.719. The highest BCUT2D eigenvalue weighted by atomic mass is 16.6. The molecule has 0 unspecified atom stereocenters. The summed E-state index contributed by atoms with van der Waals surface area (Å²) in [5.41, 5.74) is 0.920. The number of para-hydroxylation sites is 2. The third-order valence-corrected chi connectivity index (χ3v) is 16.3. The smallest absolute Gasteiger partial charge is 0.313 e. The Kier molecular flexibility index (Phi) is 16.7. The summed E-state index contributed by atoms with van der Waals surface area (Å²) in [7, 11) is 6.22. The number of rotatable bonds is 12. The van der Waals surface area contributed by atoms with E-state index in [0.29, 0.717) is 131 Å². The molecule has 0 aliphatic carbocycles. The average Bonchev–Trinajstić information content (AvgIpc) is 1.04. The molecule has 4 aliphatic rings. The van der Waals surface area contributed by atoms with E-state index in [1.807, 2.05) is 24.3 Å². The Morgan fingerprint density at radius 3 is 1.47 bits per heavy atom. The van der Waals surface area contributed by atoms with E-state index in [9.17, 15) is 28.8 Å². The predicted molar refractivity (Wildman–Crippen MR) is 322 cm³/mol. The normalized spacial score (nSPS) is 15.8. The Balaban J connectivity index is 0.000000185. The number of aromatic nitrogens is 10. The molecule has 90 heavy (non-hydrogen) atoms. The number of carbonyl (C=O) groups is 6. The molecular formula is C64H68N12O14. The van der Waals surface area contributed by atoms with Crippen LogP contribution in [0.15, 0.2) is 84.9 Å². The number of tetrazole rings is 2. The second-order valence-electron chi connectivity index (χ2n) is 24.5. The first-order valence-electron chi connectivity index (χ1n) is 29.3. The van der Waals surface area contributed by atoms with Gasteiger partial charge >= 0.3 is 11.9 Å². The number of amides is 2. The van der Waals surface area contributed by atoms with Gasteiger partial charge in [0.25, 0.3) is 11.8 Å². The third-order valence-electron chi connectivity index (χ3n) is 16.3. The van der Waals surface area contributed by atoms with Crippen LogP contribution in [-0.4, -0.2) is 161 Å². The molecule has 26 nitrogen and oxygen atoms in total. The number of ether oxygens (including phenoxy) is 8. The Morgan fingerprint density at radius 1 is 0.544 bits per heavy atom. The quantitative estimate of drug-likeness (QED) is 0.104. The first-order valence-corrected chi connectivity index (χ1v) is 29.3. The van der Waals surface area contributed by atoms with Gasteiger partial charge in [0.2, 0.25) is 12.6 Å². The van der Waals surface area contributed by atoms with Crippen molar-refractivity contribution in [1.82, 2.24) is 60.2 Å². The minimum Gasteiger partial charge on any atom is -0.496 e. The maximum Gasteiger partial charge on any atom is 0.313 e. The number of hydrogen-bond acceptors (Lipinski definition) is 22. The van der Waals surface area contributed by atoms with Gasteiger partial charge in [-0.25, -0.2) is 9.97 Å². The number of fused-ring (bicyclic) bond motifs is 4. The molecule has 2 fully saturated rings. The van der Waals surface area contributed by atoms with Crippen LogP contribution >= 0.6 is 0 Å². The van der Waals surface area contributed by atoms with Crippen molar-refractivity contribution in [2.24, 2.45) is 10.8 Å². The number of carbonyl (C=O) groups excluding carboxylic acids is 6. The molecule has 4 aromatic heterocycles. The van der Waals surface area contributed by atoms with Crippen LogP contribution < -0.4 is 28.4 Å². The molecule has 4 aliphatic heterocycles. The van der Waals surface area contributed by atoms with Gasteiger partial charge < -0.3 is 47.7 Å². The fourth-order valence-electron chi connectivity index (χ4n) is 11.2. The van der Waals surface area contributed by atoms with Gasteiger partial charge in [-0.05, 0) is 118 Å². The van der Waals surface area contributed by atoms with Crippen molar-refractivity contribution in [1.29, 1.82) is 0 Å². The van der Waals surface area contributed by atoms with E-state index in [-0.39, 0.29) is 73.0 Å². The number of esters is 2. The fourth-order valence-corrected chi connectivity index (χ4v) is 11.2. The highest BCUT2D eigenvalue weighted by Gasteiger charge is 2.46. The summed E-state index contributed by atoms with van der Waals surface area (Å²) < 4.78 is 46.9. The van der Waals surface area contributed by atoms with Crippen LogP contribution in [0.1, 0.15) is 122 Å². The second-order valence-corrected chi connectivity index (χ2v) is 24.5. The summed E-state index contributed by atoms with van der Waals surface area (Å²) in [5, 5.41) is 25.5. The molecule has 2 spiro atoms. The molecule has 0 saturated carbocycles. The van der Waals surface area contributed by atoms with Gasteiger partial charge in [0.15, 0.2) is 24.1 Å². The number of methoxy groups -OCH3 is 4. The Bertz CT molecular complexity index is 4130. The lowest BCUT2D eigenvalue weighted by molar-refractivity contribution is -0.158. The summed E-state index contributed by atoms with van der Waals surface area (Å²) in [4.78, 5) is 92.1. The number of likely N-dealkylation sites (tertiary alicyclic amines) is 2. The third kappa shape index (κ3) is 12.4.